The van der Waals surface area contributed by atoms with Crippen LogP contribution in [0.4, 0.5) is 0 Å². The van der Waals surface area contributed by atoms with Crippen molar-refractivity contribution in [3.8, 4) is 5.75 Å². The van der Waals surface area contributed by atoms with Crippen LogP contribution < -0.4 is 4.74 Å². The third-order valence-corrected chi connectivity index (χ3v) is 3.41. The van der Waals surface area contributed by atoms with Crippen molar-refractivity contribution in [3.63, 3.8) is 0 Å². The molecule has 0 radical (unpaired) electrons. The molecule has 1 aliphatic carbocycles. The van der Waals surface area contributed by atoms with Crippen LogP contribution in [0.15, 0.2) is 18.2 Å². The highest BCUT2D eigenvalue weighted by Gasteiger charge is 2.36. The van der Waals surface area contributed by atoms with Gasteiger partial charge in [0.1, 0.15) is 5.75 Å². The Bertz CT molecular complexity index is 367. The average Bonchev–Trinajstić information content (AvgIpc) is 2.60. The minimum atomic E-state index is -0.530. The second-order valence-corrected chi connectivity index (χ2v) is 4.31. The van der Waals surface area contributed by atoms with Crippen molar-refractivity contribution in [1.82, 2.24) is 0 Å². The fourth-order valence-electron chi connectivity index (χ4n) is 2.28. The predicted octanol–water partition coefficient (Wildman–Crippen LogP) is 1.99. The molecule has 14 heavy (non-hydrogen) atoms. The van der Waals surface area contributed by atoms with Gasteiger partial charge in [-0.15, -0.1) is 0 Å². The van der Waals surface area contributed by atoms with Crippen molar-refractivity contribution in [2.45, 2.75) is 31.3 Å². The molecule has 0 atom stereocenters. The first-order valence-corrected chi connectivity index (χ1v) is 5.27. The van der Waals surface area contributed by atoms with E-state index in [9.17, 15) is 5.11 Å². The molecule has 1 aromatic rings. The molecular weight excluding hydrogens is 176 g/mol. The number of fused-ring (bicyclic) bond motifs is 1. The molecule has 1 fully saturated rings. The summed E-state index contributed by atoms with van der Waals surface area (Å²) in [6, 6.07) is 6.11. The van der Waals surface area contributed by atoms with Gasteiger partial charge in [-0.25, -0.2) is 0 Å². The lowest BCUT2D eigenvalue weighted by molar-refractivity contribution is -0.0388. The lowest BCUT2D eigenvalue weighted by Crippen LogP contribution is -2.33. The Morgan fingerprint density at radius 1 is 1.29 bits per heavy atom. The van der Waals surface area contributed by atoms with Crippen molar-refractivity contribution in [1.29, 1.82) is 0 Å². The predicted molar refractivity (Wildman–Crippen MR) is 53.4 cm³/mol. The van der Waals surface area contributed by atoms with E-state index in [4.69, 9.17) is 4.74 Å². The highest BCUT2D eigenvalue weighted by atomic mass is 16.5. The fraction of sp³-hybridized carbons (Fsp3) is 0.500. The quantitative estimate of drug-likeness (QED) is 0.733. The topological polar surface area (TPSA) is 29.5 Å². The molecule has 1 heterocycles. The summed E-state index contributed by atoms with van der Waals surface area (Å²) in [7, 11) is 0. The monoisotopic (exact) mass is 190 g/mol. The molecule has 0 aromatic heterocycles. The SMILES string of the molecule is OC1(c2ccc3c(c2)CCO3)CCC1. The summed E-state index contributed by atoms with van der Waals surface area (Å²) < 4.78 is 5.44. The van der Waals surface area contributed by atoms with Crippen LogP contribution in [0.25, 0.3) is 0 Å². The molecule has 1 N–H and O–H groups in total. The van der Waals surface area contributed by atoms with Crippen molar-refractivity contribution in [3.05, 3.63) is 29.3 Å². The highest BCUT2D eigenvalue weighted by molar-refractivity contribution is 5.42. The molecule has 0 amide bonds. The van der Waals surface area contributed by atoms with Gasteiger partial charge < -0.3 is 9.84 Å². The molecule has 2 heteroatoms. The van der Waals surface area contributed by atoms with E-state index in [0.717, 1.165) is 43.6 Å². The minimum absolute atomic E-state index is 0.530. The van der Waals surface area contributed by atoms with Crippen LogP contribution in [-0.4, -0.2) is 11.7 Å². The number of benzene rings is 1. The van der Waals surface area contributed by atoms with E-state index in [0.29, 0.717) is 0 Å². The summed E-state index contributed by atoms with van der Waals surface area (Å²) in [6.45, 7) is 0.789. The number of hydrogen-bond donors (Lipinski definition) is 1. The summed E-state index contributed by atoms with van der Waals surface area (Å²) in [6.07, 6.45) is 3.95. The maximum Gasteiger partial charge on any atom is 0.122 e. The lowest BCUT2D eigenvalue weighted by Gasteiger charge is -2.37. The third-order valence-electron chi connectivity index (χ3n) is 3.41. The van der Waals surface area contributed by atoms with Crippen molar-refractivity contribution >= 4 is 0 Å². The largest absolute Gasteiger partial charge is 0.493 e. The summed E-state index contributed by atoms with van der Waals surface area (Å²) in [5, 5.41) is 10.2. The van der Waals surface area contributed by atoms with E-state index >= 15 is 0 Å². The van der Waals surface area contributed by atoms with Gasteiger partial charge in [-0.3, -0.25) is 0 Å². The maximum absolute atomic E-state index is 10.2. The van der Waals surface area contributed by atoms with Gasteiger partial charge in [0.2, 0.25) is 0 Å². The second-order valence-electron chi connectivity index (χ2n) is 4.31. The first kappa shape index (κ1) is 8.30. The van der Waals surface area contributed by atoms with Crippen LogP contribution in [0.5, 0.6) is 5.75 Å². The van der Waals surface area contributed by atoms with Crippen molar-refractivity contribution in [2.24, 2.45) is 0 Å². The molecule has 3 rings (SSSR count). The Labute approximate surface area is 83.5 Å². The van der Waals surface area contributed by atoms with Gasteiger partial charge in [0.25, 0.3) is 0 Å². The summed E-state index contributed by atoms with van der Waals surface area (Å²) in [4.78, 5) is 0. The van der Waals surface area contributed by atoms with Gasteiger partial charge in [0.05, 0.1) is 12.2 Å². The lowest BCUT2D eigenvalue weighted by atomic mass is 9.75. The molecular formula is C12H14O2. The Kier molecular flexibility index (Phi) is 1.62. The zero-order chi connectivity index (χ0) is 9.60. The molecule has 0 saturated heterocycles. The van der Waals surface area contributed by atoms with Crippen LogP contribution in [0.1, 0.15) is 30.4 Å². The van der Waals surface area contributed by atoms with Gasteiger partial charge in [-0.1, -0.05) is 6.07 Å². The normalized spacial score (nSPS) is 22.4. The van der Waals surface area contributed by atoms with Crippen LogP contribution in [0.3, 0.4) is 0 Å². The number of aliphatic hydroxyl groups is 1. The molecule has 2 aliphatic rings. The zero-order valence-corrected chi connectivity index (χ0v) is 8.12. The average molecular weight is 190 g/mol. The second kappa shape index (κ2) is 2.74. The van der Waals surface area contributed by atoms with E-state index < -0.39 is 5.60 Å². The number of hydrogen-bond acceptors (Lipinski definition) is 2. The Balaban J connectivity index is 2.00. The van der Waals surface area contributed by atoms with Gasteiger partial charge in [-0.05, 0) is 42.5 Å². The van der Waals surface area contributed by atoms with Crippen LogP contribution >= 0.6 is 0 Å². The van der Waals surface area contributed by atoms with Crippen LogP contribution in [0, 0.1) is 0 Å². The van der Waals surface area contributed by atoms with Gasteiger partial charge in [0, 0.05) is 6.42 Å². The van der Waals surface area contributed by atoms with Gasteiger partial charge in [0.15, 0.2) is 0 Å². The number of rotatable bonds is 1. The van der Waals surface area contributed by atoms with E-state index in [-0.39, 0.29) is 0 Å². The van der Waals surface area contributed by atoms with E-state index in [2.05, 4.69) is 6.07 Å². The van der Waals surface area contributed by atoms with E-state index in [1.54, 1.807) is 0 Å². The summed E-state index contributed by atoms with van der Waals surface area (Å²) in [5.41, 5.74) is 1.80. The molecule has 0 bridgehead atoms. The van der Waals surface area contributed by atoms with Crippen molar-refractivity contribution < 1.29 is 9.84 Å². The molecule has 2 nitrogen and oxygen atoms in total. The van der Waals surface area contributed by atoms with Gasteiger partial charge >= 0.3 is 0 Å². The maximum atomic E-state index is 10.2. The van der Waals surface area contributed by atoms with E-state index in [1.807, 2.05) is 12.1 Å². The Hall–Kier alpha value is -1.02. The number of ether oxygens (including phenoxy) is 1. The molecule has 0 spiro atoms. The van der Waals surface area contributed by atoms with E-state index in [1.165, 1.54) is 5.56 Å². The standard InChI is InChI=1S/C12H14O2/c13-12(5-1-6-12)10-2-3-11-9(8-10)4-7-14-11/h2-3,8,13H,1,4-7H2. The van der Waals surface area contributed by atoms with Crippen molar-refractivity contribution in [2.75, 3.05) is 6.61 Å². The fourth-order valence-corrected chi connectivity index (χ4v) is 2.28. The first-order chi connectivity index (χ1) is 6.78. The first-order valence-electron chi connectivity index (χ1n) is 5.27. The van der Waals surface area contributed by atoms with Crippen LogP contribution in [0.2, 0.25) is 0 Å². The molecule has 74 valence electrons. The smallest absolute Gasteiger partial charge is 0.122 e. The molecule has 1 saturated carbocycles. The summed E-state index contributed by atoms with van der Waals surface area (Å²) >= 11 is 0. The zero-order valence-electron chi connectivity index (χ0n) is 8.12. The molecule has 1 aliphatic heterocycles. The van der Waals surface area contributed by atoms with Gasteiger partial charge in [-0.2, -0.15) is 0 Å². The summed E-state index contributed by atoms with van der Waals surface area (Å²) in [5.74, 6) is 0.997. The van der Waals surface area contributed by atoms with Crippen LogP contribution in [-0.2, 0) is 12.0 Å². The Morgan fingerprint density at radius 3 is 2.86 bits per heavy atom. The highest BCUT2D eigenvalue weighted by Crippen LogP contribution is 2.42. The minimum Gasteiger partial charge on any atom is -0.493 e. The molecule has 0 unspecified atom stereocenters. The molecule has 1 aromatic carbocycles. The third kappa shape index (κ3) is 1.07. The Morgan fingerprint density at radius 2 is 2.14 bits per heavy atom.